The van der Waals surface area contributed by atoms with Crippen LogP contribution in [0.5, 0.6) is 0 Å². The second-order valence-corrected chi connectivity index (χ2v) is 9.87. The lowest BCUT2D eigenvalue weighted by molar-refractivity contribution is 0.281. The molecule has 0 unspecified atom stereocenters. The van der Waals surface area contributed by atoms with Crippen molar-refractivity contribution >= 4 is 10.8 Å². The Morgan fingerprint density at radius 3 is 2.25 bits per heavy atom. The van der Waals surface area contributed by atoms with Gasteiger partial charge in [0.05, 0.1) is 6.61 Å². The number of hydrogen-bond donors (Lipinski definition) is 1. The molecule has 0 aliphatic heterocycles. The van der Waals surface area contributed by atoms with Gasteiger partial charge in [0.25, 0.3) is 0 Å². The molecule has 3 aromatic rings. The average molecular weight is 373 g/mol. The molecule has 1 nitrogen and oxygen atoms in total. The highest BCUT2D eigenvalue weighted by atomic mass is 16.3. The van der Waals surface area contributed by atoms with Gasteiger partial charge in [-0.3, -0.25) is 0 Å². The molecule has 0 fully saturated rings. The molecule has 1 heteroatoms. The summed E-state index contributed by atoms with van der Waals surface area (Å²) in [5.41, 5.74) is 9.77. The molecule has 1 aliphatic rings. The highest BCUT2D eigenvalue weighted by Crippen LogP contribution is 2.48. The van der Waals surface area contributed by atoms with Crippen LogP contribution in [-0.4, -0.2) is 5.11 Å². The molecule has 0 aromatic heterocycles. The first-order valence-electron chi connectivity index (χ1n) is 10.4. The molecular weight excluding hydrogens is 340 g/mol. The average Bonchev–Trinajstić information content (AvgIpc) is 2.65. The highest BCUT2D eigenvalue weighted by molar-refractivity contribution is 5.91. The zero-order valence-electron chi connectivity index (χ0n) is 18.1. The summed E-state index contributed by atoms with van der Waals surface area (Å²) in [5.74, 6) is 0. The predicted molar refractivity (Wildman–Crippen MR) is 120 cm³/mol. The normalized spacial score (nSPS) is 17.5. The third-order valence-electron chi connectivity index (χ3n) is 7.13. The summed E-state index contributed by atoms with van der Waals surface area (Å²) in [6.07, 6.45) is 2.48. The maximum Gasteiger partial charge on any atom is 0.0684 e. The molecule has 1 N–H and O–H groups in total. The SMILES string of the molecule is Cc1c(-c2ccc3c(C)c(CO)ccc3c2)ccc2c1C(C)(C)CCC2(C)C. The molecule has 0 amide bonds. The van der Waals surface area contributed by atoms with Crippen LogP contribution in [0.4, 0.5) is 0 Å². The summed E-state index contributed by atoms with van der Waals surface area (Å²) >= 11 is 0. The smallest absolute Gasteiger partial charge is 0.0684 e. The Kier molecular flexibility index (Phi) is 4.43. The van der Waals surface area contributed by atoms with E-state index in [1.807, 2.05) is 6.07 Å². The lowest BCUT2D eigenvalue weighted by atomic mass is 9.61. The summed E-state index contributed by atoms with van der Waals surface area (Å²) in [5, 5.41) is 12.0. The number of aliphatic hydroxyl groups is 1. The van der Waals surface area contributed by atoms with Gasteiger partial charge in [0.2, 0.25) is 0 Å². The molecule has 0 spiro atoms. The number of rotatable bonds is 2. The van der Waals surface area contributed by atoms with Crippen LogP contribution < -0.4 is 0 Å². The quantitative estimate of drug-likeness (QED) is 0.515. The zero-order valence-corrected chi connectivity index (χ0v) is 18.1. The van der Waals surface area contributed by atoms with Crippen LogP contribution in [0, 0.1) is 13.8 Å². The van der Waals surface area contributed by atoms with E-state index in [1.165, 1.54) is 51.4 Å². The van der Waals surface area contributed by atoms with E-state index in [2.05, 4.69) is 77.9 Å². The minimum atomic E-state index is 0.0956. The third-order valence-corrected chi connectivity index (χ3v) is 7.13. The third kappa shape index (κ3) is 2.88. The molecule has 4 rings (SSSR count). The van der Waals surface area contributed by atoms with Crippen LogP contribution in [0.15, 0.2) is 42.5 Å². The Hall–Kier alpha value is -2.12. The number of fused-ring (bicyclic) bond motifs is 2. The van der Waals surface area contributed by atoms with Gasteiger partial charge in [0, 0.05) is 0 Å². The number of hydrogen-bond acceptors (Lipinski definition) is 1. The highest BCUT2D eigenvalue weighted by Gasteiger charge is 2.38. The fourth-order valence-corrected chi connectivity index (χ4v) is 5.21. The van der Waals surface area contributed by atoms with Crippen molar-refractivity contribution < 1.29 is 5.11 Å². The molecule has 0 saturated carbocycles. The van der Waals surface area contributed by atoms with Crippen LogP contribution in [0.25, 0.3) is 21.9 Å². The first-order chi connectivity index (χ1) is 13.2. The molecule has 146 valence electrons. The van der Waals surface area contributed by atoms with E-state index in [0.29, 0.717) is 0 Å². The van der Waals surface area contributed by atoms with E-state index in [-0.39, 0.29) is 17.4 Å². The lowest BCUT2D eigenvalue weighted by Crippen LogP contribution is -2.34. The standard InChI is InChI=1S/C27H32O/c1-17-21(16-28)8-7-19-15-20(9-10-22(17)19)23-11-12-24-25(18(23)2)27(5,6)14-13-26(24,3)4/h7-12,15,28H,13-14,16H2,1-6H3. The molecule has 0 atom stereocenters. The van der Waals surface area contributed by atoms with E-state index in [9.17, 15) is 5.11 Å². The molecular formula is C27H32O. The summed E-state index contributed by atoms with van der Waals surface area (Å²) in [7, 11) is 0. The summed E-state index contributed by atoms with van der Waals surface area (Å²) in [4.78, 5) is 0. The molecule has 3 aromatic carbocycles. The minimum absolute atomic E-state index is 0.0956. The van der Waals surface area contributed by atoms with E-state index in [4.69, 9.17) is 0 Å². The molecule has 1 aliphatic carbocycles. The van der Waals surface area contributed by atoms with Gasteiger partial charge in [-0.2, -0.15) is 0 Å². The summed E-state index contributed by atoms with van der Waals surface area (Å²) in [6, 6.07) is 15.7. The first-order valence-corrected chi connectivity index (χ1v) is 10.4. The Balaban J connectivity index is 1.91. The maximum absolute atomic E-state index is 9.55. The fourth-order valence-electron chi connectivity index (χ4n) is 5.21. The van der Waals surface area contributed by atoms with E-state index in [0.717, 1.165) is 5.56 Å². The van der Waals surface area contributed by atoms with Gasteiger partial charge in [-0.25, -0.2) is 0 Å². The van der Waals surface area contributed by atoms with Crippen molar-refractivity contribution in [1.82, 2.24) is 0 Å². The molecule has 0 saturated heterocycles. The second-order valence-electron chi connectivity index (χ2n) is 9.87. The van der Waals surface area contributed by atoms with Crippen molar-refractivity contribution in [3.8, 4) is 11.1 Å². The Morgan fingerprint density at radius 1 is 0.821 bits per heavy atom. The van der Waals surface area contributed by atoms with Gasteiger partial charge >= 0.3 is 0 Å². The molecule has 0 radical (unpaired) electrons. The van der Waals surface area contributed by atoms with Crippen molar-refractivity contribution in [1.29, 1.82) is 0 Å². The van der Waals surface area contributed by atoms with Gasteiger partial charge in [0.15, 0.2) is 0 Å². The van der Waals surface area contributed by atoms with Crippen LogP contribution in [-0.2, 0) is 17.4 Å². The van der Waals surface area contributed by atoms with Crippen LogP contribution >= 0.6 is 0 Å². The van der Waals surface area contributed by atoms with Gasteiger partial charge in [-0.05, 0) is 93.3 Å². The van der Waals surface area contributed by atoms with E-state index < -0.39 is 0 Å². The fraction of sp³-hybridized carbons (Fsp3) is 0.407. The Bertz CT molecular complexity index is 1070. The topological polar surface area (TPSA) is 20.2 Å². The molecule has 0 bridgehead atoms. The summed E-state index contributed by atoms with van der Waals surface area (Å²) < 4.78 is 0. The van der Waals surface area contributed by atoms with Crippen molar-refractivity contribution in [3.63, 3.8) is 0 Å². The van der Waals surface area contributed by atoms with Crippen LogP contribution in [0.2, 0.25) is 0 Å². The monoisotopic (exact) mass is 372 g/mol. The number of aryl methyl sites for hydroxylation is 1. The van der Waals surface area contributed by atoms with Gasteiger partial charge < -0.3 is 5.11 Å². The van der Waals surface area contributed by atoms with Gasteiger partial charge in [0.1, 0.15) is 0 Å². The predicted octanol–water partition coefficient (Wildman–Crippen LogP) is 6.96. The van der Waals surface area contributed by atoms with Crippen molar-refractivity contribution in [2.75, 3.05) is 0 Å². The largest absolute Gasteiger partial charge is 0.392 e. The van der Waals surface area contributed by atoms with Gasteiger partial charge in [-0.15, -0.1) is 0 Å². The van der Waals surface area contributed by atoms with Gasteiger partial charge in [-0.1, -0.05) is 64.1 Å². The number of aliphatic hydroxyl groups excluding tert-OH is 1. The maximum atomic E-state index is 9.55. The molecule has 28 heavy (non-hydrogen) atoms. The summed E-state index contributed by atoms with van der Waals surface area (Å²) in [6.45, 7) is 14.1. The molecule has 0 heterocycles. The zero-order chi connectivity index (χ0) is 20.3. The Labute approximate surface area is 169 Å². The van der Waals surface area contributed by atoms with E-state index >= 15 is 0 Å². The second kappa shape index (κ2) is 6.46. The van der Waals surface area contributed by atoms with Crippen molar-refractivity contribution in [2.45, 2.75) is 71.8 Å². The van der Waals surface area contributed by atoms with E-state index in [1.54, 1.807) is 5.56 Å². The van der Waals surface area contributed by atoms with Crippen LogP contribution in [0.1, 0.15) is 68.4 Å². The van der Waals surface area contributed by atoms with Crippen molar-refractivity contribution in [2.24, 2.45) is 0 Å². The number of benzene rings is 3. The lowest BCUT2D eigenvalue weighted by Gasteiger charge is -2.43. The van der Waals surface area contributed by atoms with Crippen molar-refractivity contribution in [3.05, 3.63) is 70.3 Å². The Morgan fingerprint density at radius 2 is 1.54 bits per heavy atom. The first kappa shape index (κ1) is 19.2. The van der Waals surface area contributed by atoms with Crippen LogP contribution in [0.3, 0.4) is 0 Å². The minimum Gasteiger partial charge on any atom is -0.392 e.